The summed E-state index contributed by atoms with van der Waals surface area (Å²) in [5.74, 6) is 0.505. The maximum absolute atomic E-state index is 9.78. The molecule has 1 fully saturated rings. The Morgan fingerprint density at radius 3 is 2.62 bits per heavy atom. The van der Waals surface area contributed by atoms with Crippen LogP contribution in [0.5, 0.6) is 0 Å². The second kappa shape index (κ2) is 6.39. The minimum absolute atomic E-state index is 0.216. The predicted molar refractivity (Wildman–Crippen MR) is 53.7 cm³/mol. The van der Waals surface area contributed by atoms with E-state index in [-0.39, 0.29) is 6.10 Å². The van der Waals surface area contributed by atoms with Crippen LogP contribution in [-0.2, 0) is 4.74 Å². The molecule has 0 bridgehead atoms. The smallest absolute Gasteiger partial charge is 0.0801 e. The van der Waals surface area contributed by atoms with E-state index in [0.29, 0.717) is 12.5 Å². The molecule has 78 valence electrons. The van der Waals surface area contributed by atoms with E-state index in [4.69, 9.17) is 4.74 Å². The molecular formula is C11H22O2. The Morgan fingerprint density at radius 1 is 1.31 bits per heavy atom. The van der Waals surface area contributed by atoms with Crippen molar-refractivity contribution >= 4 is 0 Å². The third-order valence-electron chi connectivity index (χ3n) is 2.83. The first-order valence-electron chi connectivity index (χ1n) is 5.60. The lowest BCUT2D eigenvalue weighted by Gasteiger charge is -2.26. The molecule has 1 saturated carbocycles. The molecule has 0 aromatic carbocycles. The largest absolute Gasteiger partial charge is 0.390 e. The topological polar surface area (TPSA) is 29.5 Å². The van der Waals surface area contributed by atoms with Crippen molar-refractivity contribution in [1.29, 1.82) is 0 Å². The molecule has 1 rings (SSSR count). The van der Waals surface area contributed by atoms with Gasteiger partial charge in [0, 0.05) is 6.61 Å². The van der Waals surface area contributed by atoms with Gasteiger partial charge in [-0.3, -0.25) is 0 Å². The molecule has 2 heteroatoms. The maximum Gasteiger partial charge on any atom is 0.0801 e. The average molecular weight is 186 g/mol. The minimum atomic E-state index is -0.216. The Labute approximate surface area is 81.3 Å². The maximum atomic E-state index is 9.78. The number of aliphatic hydroxyl groups excluding tert-OH is 1. The Hall–Kier alpha value is -0.0800. The lowest BCUT2D eigenvalue weighted by molar-refractivity contribution is -0.00457. The van der Waals surface area contributed by atoms with E-state index in [1.165, 1.54) is 32.1 Å². The van der Waals surface area contributed by atoms with Crippen LogP contribution in [0.25, 0.3) is 0 Å². The van der Waals surface area contributed by atoms with Crippen molar-refractivity contribution in [2.45, 2.75) is 51.6 Å². The van der Waals surface area contributed by atoms with Gasteiger partial charge in [-0.15, -0.1) is 0 Å². The van der Waals surface area contributed by atoms with Gasteiger partial charge in [-0.1, -0.05) is 26.2 Å². The molecule has 1 N–H and O–H groups in total. The average Bonchev–Trinajstić information content (AvgIpc) is 2.19. The molecule has 1 unspecified atom stereocenters. The van der Waals surface area contributed by atoms with Crippen LogP contribution < -0.4 is 0 Å². The molecule has 1 atom stereocenters. The van der Waals surface area contributed by atoms with Crippen LogP contribution in [0.1, 0.15) is 45.4 Å². The van der Waals surface area contributed by atoms with Crippen LogP contribution in [0, 0.1) is 5.92 Å². The molecular weight excluding hydrogens is 164 g/mol. The Morgan fingerprint density at radius 2 is 2.00 bits per heavy atom. The van der Waals surface area contributed by atoms with Crippen molar-refractivity contribution in [3.63, 3.8) is 0 Å². The highest BCUT2D eigenvalue weighted by atomic mass is 16.5. The summed E-state index contributed by atoms with van der Waals surface area (Å²) in [7, 11) is 0. The lowest BCUT2D eigenvalue weighted by atomic mass is 9.85. The fourth-order valence-electron chi connectivity index (χ4n) is 2.00. The number of aliphatic hydroxyl groups is 1. The van der Waals surface area contributed by atoms with E-state index in [2.05, 4.69) is 6.92 Å². The van der Waals surface area contributed by atoms with Crippen molar-refractivity contribution < 1.29 is 9.84 Å². The molecule has 2 nitrogen and oxygen atoms in total. The second-order valence-corrected chi connectivity index (χ2v) is 4.04. The van der Waals surface area contributed by atoms with E-state index in [0.717, 1.165) is 13.0 Å². The zero-order chi connectivity index (χ0) is 9.52. The highest BCUT2D eigenvalue weighted by Crippen LogP contribution is 2.26. The summed E-state index contributed by atoms with van der Waals surface area (Å²) >= 11 is 0. The van der Waals surface area contributed by atoms with Crippen LogP contribution >= 0.6 is 0 Å². The third-order valence-corrected chi connectivity index (χ3v) is 2.83. The first-order chi connectivity index (χ1) is 6.34. The Balaban J connectivity index is 2.09. The summed E-state index contributed by atoms with van der Waals surface area (Å²) in [5, 5.41) is 9.78. The molecule has 0 heterocycles. The van der Waals surface area contributed by atoms with Crippen molar-refractivity contribution in [2.24, 2.45) is 5.92 Å². The van der Waals surface area contributed by atoms with Crippen molar-refractivity contribution in [3.8, 4) is 0 Å². The normalized spacial score (nSPS) is 21.7. The van der Waals surface area contributed by atoms with Crippen LogP contribution in [-0.4, -0.2) is 24.4 Å². The van der Waals surface area contributed by atoms with Crippen LogP contribution in [0.15, 0.2) is 0 Å². The van der Waals surface area contributed by atoms with E-state index in [9.17, 15) is 5.11 Å². The standard InChI is InChI=1S/C11H22O2/c1-2-8-13-9-11(12)10-6-4-3-5-7-10/h10-12H,2-9H2,1H3. The van der Waals surface area contributed by atoms with Gasteiger partial charge in [-0.05, 0) is 25.2 Å². The number of hydrogen-bond acceptors (Lipinski definition) is 2. The zero-order valence-corrected chi connectivity index (χ0v) is 8.67. The monoisotopic (exact) mass is 186 g/mol. The minimum Gasteiger partial charge on any atom is -0.390 e. The van der Waals surface area contributed by atoms with E-state index in [1.807, 2.05) is 0 Å². The van der Waals surface area contributed by atoms with Gasteiger partial charge in [-0.2, -0.15) is 0 Å². The third kappa shape index (κ3) is 4.10. The second-order valence-electron chi connectivity index (χ2n) is 4.04. The van der Waals surface area contributed by atoms with Crippen molar-refractivity contribution in [3.05, 3.63) is 0 Å². The fourth-order valence-corrected chi connectivity index (χ4v) is 2.00. The van der Waals surface area contributed by atoms with Gasteiger partial charge in [0.25, 0.3) is 0 Å². The zero-order valence-electron chi connectivity index (χ0n) is 8.67. The summed E-state index contributed by atoms with van der Waals surface area (Å²) in [6.45, 7) is 3.41. The highest BCUT2D eigenvalue weighted by molar-refractivity contribution is 4.72. The molecule has 0 aromatic heterocycles. The fraction of sp³-hybridized carbons (Fsp3) is 1.00. The van der Waals surface area contributed by atoms with Gasteiger partial charge in [0.2, 0.25) is 0 Å². The molecule has 13 heavy (non-hydrogen) atoms. The quantitative estimate of drug-likeness (QED) is 0.668. The molecule has 1 aliphatic rings. The predicted octanol–water partition coefficient (Wildman–Crippen LogP) is 2.35. The van der Waals surface area contributed by atoms with Gasteiger partial charge in [0.05, 0.1) is 12.7 Å². The number of hydrogen-bond donors (Lipinski definition) is 1. The molecule has 0 aliphatic heterocycles. The van der Waals surface area contributed by atoms with Gasteiger partial charge in [0.1, 0.15) is 0 Å². The highest BCUT2D eigenvalue weighted by Gasteiger charge is 2.21. The summed E-state index contributed by atoms with van der Waals surface area (Å²) in [4.78, 5) is 0. The molecule has 0 spiro atoms. The Bertz CT molecular complexity index is 119. The molecule has 0 amide bonds. The molecule has 1 aliphatic carbocycles. The molecule has 0 radical (unpaired) electrons. The van der Waals surface area contributed by atoms with Gasteiger partial charge < -0.3 is 9.84 Å². The molecule has 0 aromatic rings. The SMILES string of the molecule is CCCOCC(O)C1CCCCC1. The van der Waals surface area contributed by atoms with E-state index >= 15 is 0 Å². The summed E-state index contributed by atoms with van der Waals surface area (Å²) < 4.78 is 5.35. The van der Waals surface area contributed by atoms with Gasteiger partial charge >= 0.3 is 0 Å². The van der Waals surface area contributed by atoms with Crippen LogP contribution in [0.2, 0.25) is 0 Å². The van der Waals surface area contributed by atoms with Crippen LogP contribution in [0.3, 0.4) is 0 Å². The lowest BCUT2D eigenvalue weighted by Crippen LogP contribution is -2.27. The van der Waals surface area contributed by atoms with E-state index in [1.54, 1.807) is 0 Å². The molecule has 0 saturated heterocycles. The summed E-state index contributed by atoms with van der Waals surface area (Å²) in [6.07, 6.45) is 7.13. The van der Waals surface area contributed by atoms with E-state index < -0.39 is 0 Å². The first-order valence-corrected chi connectivity index (χ1v) is 5.60. The number of ether oxygens (including phenoxy) is 1. The number of rotatable bonds is 5. The van der Waals surface area contributed by atoms with Gasteiger partial charge in [0.15, 0.2) is 0 Å². The van der Waals surface area contributed by atoms with Crippen LogP contribution in [0.4, 0.5) is 0 Å². The summed E-state index contributed by atoms with van der Waals surface area (Å²) in [6, 6.07) is 0. The van der Waals surface area contributed by atoms with Crippen molar-refractivity contribution in [1.82, 2.24) is 0 Å². The Kier molecular flexibility index (Phi) is 5.40. The summed E-state index contributed by atoms with van der Waals surface area (Å²) in [5.41, 5.74) is 0. The van der Waals surface area contributed by atoms with Gasteiger partial charge in [-0.25, -0.2) is 0 Å². The van der Waals surface area contributed by atoms with Crippen molar-refractivity contribution in [2.75, 3.05) is 13.2 Å². The first kappa shape index (κ1) is 11.0.